The van der Waals surface area contributed by atoms with Crippen LogP contribution < -0.4 is 5.32 Å². The number of amides is 1. The highest BCUT2D eigenvalue weighted by Gasteiger charge is 2.69. The van der Waals surface area contributed by atoms with Gasteiger partial charge in [-0.05, 0) is 31.4 Å². The summed E-state index contributed by atoms with van der Waals surface area (Å²) in [5, 5.41) is 2.91. The summed E-state index contributed by atoms with van der Waals surface area (Å²) in [6.07, 6.45) is -5.67. The Hall–Kier alpha value is -2.67. The van der Waals surface area contributed by atoms with Crippen molar-refractivity contribution in [3.63, 3.8) is 0 Å². The molecule has 1 amide bonds. The second kappa shape index (κ2) is 7.92. The zero-order valence-corrected chi connectivity index (χ0v) is 18.0. The van der Waals surface area contributed by atoms with Gasteiger partial charge in [-0.25, -0.2) is 9.37 Å². The predicted octanol–water partition coefficient (Wildman–Crippen LogP) is 4.54. The van der Waals surface area contributed by atoms with Crippen LogP contribution in [0.5, 0.6) is 0 Å². The zero-order chi connectivity index (χ0) is 25.2. The topological polar surface area (TPSA) is 65.4 Å². The van der Waals surface area contributed by atoms with Gasteiger partial charge >= 0.3 is 12.5 Å². The van der Waals surface area contributed by atoms with Gasteiger partial charge in [0.05, 0.1) is 35.3 Å². The fourth-order valence-corrected chi connectivity index (χ4v) is 5.24. The Bertz CT molecular complexity index is 1120. The van der Waals surface area contributed by atoms with Crippen molar-refractivity contribution in [2.24, 2.45) is 0 Å². The maximum Gasteiger partial charge on any atom is 0.522 e. The van der Waals surface area contributed by atoms with Crippen molar-refractivity contribution in [1.82, 2.24) is 14.9 Å². The van der Waals surface area contributed by atoms with E-state index < -0.39 is 41.7 Å². The molecule has 4 aliphatic rings. The molecular formula is C22H20F7N3O3. The van der Waals surface area contributed by atoms with Crippen LogP contribution in [0.3, 0.4) is 0 Å². The average molecular weight is 507 g/mol. The van der Waals surface area contributed by atoms with Crippen LogP contribution in [0.15, 0.2) is 30.7 Å². The number of hydrogen-bond acceptors (Lipinski definition) is 4. The summed E-state index contributed by atoms with van der Waals surface area (Å²) in [5.74, 6) is -1.73. The molecule has 0 atom stereocenters. The van der Waals surface area contributed by atoms with Crippen LogP contribution >= 0.6 is 0 Å². The van der Waals surface area contributed by atoms with E-state index in [0.29, 0.717) is 31.0 Å². The Labute approximate surface area is 194 Å². The lowest BCUT2D eigenvalue weighted by atomic mass is 9.44. The number of nitrogens with one attached hydrogen (secondary N) is 1. The van der Waals surface area contributed by atoms with E-state index in [1.165, 1.54) is 12.4 Å². The van der Waals surface area contributed by atoms with Gasteiger partial charge in [0.1, 0.15) is 12.4 Å². The van der Waals surface area contributed by atoms with Crippen LogP contribution in [0.25, 0.3) is 11.3 Å². The Morgan fingerprint density at radius 3 is 2.40 bits per heavy atom. The van der Waals surface area contributed by atoms with E-state index in [9.17, 15) is 35.5 Å². The summed E-state index contributed by atoms with van der Waals surface area (Å²) >= 11 is 0. The van der Waals surface area contributed by atoms with Crippen molar-refractivity contribution in [3.8, 4) is 11.3 Å². The van der Waals surface area contributed by atoms with Gasteiger partial charge in [-0.1, -0.05) is 6.07 Å². The van der Waals surface area contributed by atoms with Crippen molar-refractivity contribution in [2.45, 2.75) is 67.9 Å². The summed E-state index contributed by atoms with van der Waals surface area (Å²) in [6.45, 7) is -0.257. The summed E-state index contributed by atoms with van der Waals surface area (Å²) in [5.41, 5.74) is -1.46. The third-order valence-electron chi connectivity index (χ3n) is 6.91. The van der Waals surface area contributed by atoms with E-state index in [2.05, 4.69) is 15.0 Å². The van der Waals surface area contributed by atoms with Crippen molar-refractivity contribution in [3.05, 3.63) is 42.1 Å². The highest BCUT2D eigenvalue weighted by atomic mass is 19.4. The number of rotatable bonds is 7. The third kappa shape index (κ3) is 4.63. The van der Waals surface area contributed by atoms with Crippen molar-refractivity contribution in [2.75, 3.05) is 6.61 Å². The van der Waals surface area contributed by atoms with E-state index in [-0.39, 0.29) is 36.5 Å². The molecule has 0 unspecified atom stereocenters. The smallest absolute Gasteiger partial charge is 0.368 e. The first kappa shape index (κ1) is 24.0. The first-order valence-electron chi connectivity index (χ1n) is 10.8. The zero-order valence-electron chi connectivity index (χ0n) is 18.0. The Morgan fingerprint density at radius 1 is 1.11 bits per heavy atom. The lowest BCUT2D eigenvalue weighted by molar-refractivity contribution is -0.357. The van der Waals surface area contributed by atoms with Gasteiger partial charge < -0.3 is 14.6 Å². The summed E-state index contributed by atoms with van der Waals surface area (Å²) < 4.78 is 99.6. The molecule has 1 aromatic heterocycles. The minimum absolute atomic E-state index is 0.0762. The quantitative estimate of drug-likeness (QED) is 0.559. The van der Waals surface area contributed by atoms with Gasteiger partial charge in [-0.3, -0.25) is 9.53 Å². The van der Waals surface area contributed by atoms with Gasteiger partial charge in [0.2, 0.25) is 5.91 Å². The number of carbonyl (C=O) groups excluding carboxylic acids is 1. The fourth-order valence-electron chi connectivity index (χ4n) is 5.24. The van der Waals surface area contributed by atoms with Crippen LogP contribution in [0.1, 0.15) is 37.7 Å². The number of alkyl halides is 6. The highest BCUT2D eigenvalue weighted by Crippen LogP contribution is 2.65. The molecular weight excluding hydrogens is 487 g/mol. The molecule has 0 saturated heterocycles. The second-order valence-corrected chi connectivity index (χ2v) is 9.53. The monoisotopic (exact) mass is 507 g/mol. The molecule has 4 saturated carbocycles. The number of halogens is 7. The average Bonchev–Trinajstić information content (AvgIpc) is 3.13. The number of imidazole rings is 1. The summed E-state index contributed by atoms with van der Waals surface area (Å²) in [6, 6.07) is 2.66. The molecule has 1 heterocycles. The minimum Gasteiger partial charge on any atom is -0.368 e. The molecule has 6 rings (SSSR count). The van der Waals surface area contributed by atoms with Gasteiger partial charge in [0.15, 0.2) is 0 Å². The molecule has 13 heteroatoms. The van der Waals surface area contributed by atoms with Crippen molar-refractivity contribution in [1.29, 1.82) is 0 Å². The molecule has 190 valence electrons. The molecule has 0 spiro atoms. The maximum atomic E-state index is 13.9. The number of ether oxygens (including phenoxy) is 2. The van der Waals surface area contributed by atoms with E-state index >= 15 is 0 Å². The molecule has 1 aromatic carbocycles. The fraction of sp³-hybridized carbons (Fsp3) is 0.545. The van der Waals surface area contributed by atoms with Crippen LogP contribution in [0, 0.1) is 5.82 Å². The second-order valence-electron chi connectivity index (χ2n) is 9.53. The van der Waals surface area contributed by atoms with Crippen LogP contribution in [-0.2, 0) is 26.0 Å². The normalized spacial score (nSPS) is 29.7. The Balaban J connectivity index is 1.10. The van der Waals surface area contributed by atoms with Crippen LogP contribution in [0.2, 0.25) is 0 Å². The van der Waals surface area contributed by atoms with Crippen LogP contribution in [0.4, 0.5) is 30.7 Å². The molecule has 0 aliphatic heterocycles. The molecule has 4 aliphatic carbocycles. The summed E-state index contributed by atoms with van der Waals surface area (Å²) in [4.78, 5) is 16.4. The standard InChI is InChI=1S/C22H20F7N3O3/c23-16-3-12(1-2-15(16)21(24,25)26)17-6-32(11-30-17)20-8-19(9-20,10-20)31-18(33)7-34-13-4-14(5-13)35-22(27,28)29/h1-3,6,11,13-14H,4-5,7-10H2,(H,31,33). The number of aromatic nitrogens is 2. The van der Waals surface area contributed by atoms with E-state index in [0.717, 1.165) is 6.07 Å². The van der Waals surface area contributed by atoms with E-state index in [1.807, 2.05) is 4.57 Å². The molecule has 2 bridgehead atoms. The van der Waals surface area contributed by atoms with Gasteiger partial charge in [-0.2, -0.15) is 13.2 Å². The highest BCUT2D eigenvalue weighted by molar-refractivity contribution is 5.79. The Morgan fingerprint density at radius 2 is 1.80 bits per heavy atom. The number of nitrogens with zero attached hydrogens (tertiary/aromatic N) is 2. The molecule has 6 nitrogen and oxygen atoms in total. The lowest BCUT2D eigenvalue weighted by Crippen LogP contribution is -2.78. The number of carbonyl (C=O) groups is 1. The molecule has 4 fully saturated rings. The van der Waals surface area contributed by atoms with Crippen molar-refractivity contribution < 1.29 is 45.0 Å². The molecule has 1 N–H and O–H groups in total. The van der Waals surface area contributed by atoms with Gasteiger partial charge in [0, 0.05) is 30.1 Å². The molecule has 35 heavy (non-hydrogen) atoms. The van der Waals surface area contributed by atoms with Gasteiger partial charge in [-0.15, -0.1) is 13.2 Å². The first-order valence-corrected chi connectivity index (χ1v) is 10.8. The van der Waals surface area contributed by atoms with Crippen LogP contribution in [-0.4, -0.2) is 46.2 Å². The SMILES string of the molecule is O=C(COC1CC(OC(F)(F)F)C1)NC12CC(n3cnc(-c4ccc(C(F)(F)F)c(F)c4)c3)(C1)C2. The van der Waals surface area contributed by atoms with E-state index in [1.54, 1.807) is 6.20 Å². The largest absolute Gasteiger partial charge is 0.522 e. The maximum absolute atomic E-state index is 13.9. The number of benzene rings is 1. The van der Waals surface area contributed by atoms with Gasteiger partial charge in [0.25, 0.3) is 0 Å². The number of hydrogen-bond donors (Lipinski definition) is 1. The minimum atomic E-state index is -4.78. The summed E-state index contributed by atoms with van der Waals surface area (Å²) in [7, 11) is 0. The van der Waals surface area contributed by atoms with Crippen molar-refractivity contribution >= 4 is 5.91 Å². The van der Waals surface area contributed by atoms with E-state index in [4.69, 9.17) is 4.74 Å². The first-order chi connectivity index (χ1) is 16.3. The Kier molecular flexibility index (Phi) is 5.44. The molecule has 0 radical (unpaired) electrons. The molecule has 2 aromatic rings. The lowest BCUT2D eigenvalue weighted by Gasteiger charge is -2.70. The predicted molar refractivity (Wildman–Crippen MR) is 105 cm³/mol. The third-order valence-corrected chi connectivity index (χ3v) is 6.91.